The Labute approximate surface area is 112 Å². The summed E-state index contributed by atoms with van der Waals surface area (Å²) >= 11 is 0. The lowest BCUT2D eigenvalue weighted by Gasteiger charge is -2.35. The number of hydrogen-bond donors (Lipinski definition) is 0. The van der Waals surface area contributed by atoms with Gasteiger partial charge < -0.3 is 0 Å². The Hall–Kier alpha value is -0.980. The van der Waals surface area contributed by atoms with Gasteiger partial charge in [-0.25, -0.2) is 8.78 Å². The Morgan fingerprint density at radius 3 is 0.636 bits per heavy atom. The van der Waals surface area contributed by atoms with Crippen LogP contribution in [0.2, 0.25) is 0 Å². The SMILES string of the molecule is FC(C(C(C(F)C(F)(F)F)C(F)(F)F)C(F)(F)F)C(F)(F)F. The molecule has 0 N–H and O–H groups in total. The lowest BCUT2D eigenvalue weighted by Crippen LogP contribution is -2.55. The molecule has 134 valence electrons. The standard InChI is InChI=1S/C8H4F14/c9-3(7(17,18)19)1(5(11,12)13)2(6(14,15)16)4(10)8(20,21)22/h1-4H. The fourth-order valence-corrected chi connectivity index (χ4v) is 1.51. The summed E-state index contributed by atoms with van der Waals surface area (Å²) in [4.78, 5) is 0. The molecule has 22 heavy (non-hydrogen) atoms. The van der Waals surface area contributed by atoms with Crippen LogP contribution >= 0.6 is 0 Å². The van der Waals surface area contributed by atoms with Gasteiger partial charge in [-0.05, 0) is 0 Å². The van der Waals surface area contributed by atoms with Gasteiger partial charge in [-0.3, -0.25) is 0 Å². The van der Waals surface area contributed by atoms with Gasteiger partial charge in [-0.2, -0.15) is 52.7 Å². The Kier molecular flexibility index (Phi) is 5.64. The molecule has 0 aromatic heterocycles. The maximum atomic E-state index is 12.7. The van der Waals surface area contributed by atoms with Gasteiger partial charge in [0.1, 0.15) is 11.8 Å². The zero-order chi connectivity index (χ0) is 18.3. The minimum absolute atomic E-state index is 5.30. The first kappa shape index (κ1) is 21.0. The van der Waals surface area contributed by atoms with E-state index >= 15 is 0 Å². The first-order chi connectivity index (χ1) is 9.31. The van der Waals surface area contributed by atoms with Crippen molar-refractivity contribution in [1.29, 1.82) is 0 Å². The first-order valence-electron chi connectivity index (χ1n) is 4.86. The summed E-state index contributed by atoms with van der Waals surface area (Å²) in [5.74, 6) is -10.6. The van der Waals surface area contributed by atoms with Crippen molar-refractivity contribution < 1.29 is 61.5 Å². The molecule has 0 saturated heterocycles. The van der Waals surface area contributed by atoms with Gasteiger partial charge >= 0.3 is 24.7 Å². The van der Waals surface area contributed by atoms with Gasteiger partial charge in [0.25, 0.3) is 0 Å². The highest BCUT2D eigenvalue weighted by Crippen LogP contribution is 2.51. The van der Waals surface area contributed by atoms with Crippen LogP contribution in [0, 0.1) is 11.8 Å². The maximum absolute atomic E-state index is 12.7. The molecular weight excluding hydrogens is 362 g/mol. The van der Waals surface area contributed by atoms with Crippen LogP contribution in [0.3, 0.4) is 0 Å². The van der Waals surface area contributed by atoms with Crippen molar-refractivity contribution in [1.82, 2.24) is 0 Å². The van der Waals surface area contributed by atoms with E-state index in [9.17, 15) is 61.5 Å². The highest BCUT2D eigenvalue weighted by Gasteiger charge is 2.70. The van der Waals surface area contributed by atoms with Crippen LogP contribution in [0.25, 0.3) is 0 Å². The van der Waals surface area contributed by atoms with E-state index in [1.165, 1.54) is 0 Å². The smallest absolute Gasteiger partial charge is 0.237 e. The lowest BCUT2D eigenvalue weighted by atomic mass is 9.83. The minimum Gasteiger partial charge on any atom is -0.237 e. The van der Waals surface area contributed by atoms with Crippen molar-refractivity contribution in [3.05, 3.63) is 0 Å². The molecule has 0 radical (unpaired) electrons. The molecule has 0 aromatic rings. The molecule has 0 saturated carbocycles. The van der Waals surface area contributed by atoms with E-state index in [1.807, 2.05) is 0 Å². The Balaban J connectivity index is 6.12. The topological polar surface area (TPSA) is 0 Å². The van der Waals surface area contributed by atoms with Crippen LogP contribution in [0.1, 0.15) is 0 Å². The normalized spacial score (nSPS) is 20.5. The van der Waals surface area contributed by atoms with E-state index in [-0.39, 0.29) is 0 Å². The third-order valence-corrected chi connectivity index (χ3v) is 2.40. The number of hydrogen-bond acceptors (Lipinski definition) is 0. The van der Waals surface area contributed by atoms with Crippen LogP contribution in [0.15, 0.2) is 0 Å². The Morgan fingerprint density at radius 2 is 0.545 bits per heavy atom. The van der Waals surface area contributed by atoms with Gasteiger partial charge in [0.05, 0.1) is 0 Å². The fourth-order valence-electron chi connectivity index (χ4n) is 1.51. The molecule has 0 aliphatic carbocycles. The molecule has 0 aliphatic rings. The molecule has 0 aliphatic heterocycles. The van der Waals surface area contributed by atoms with E-state index < -0.39 is 48.9 Å². The largest absolute Gasteiger partial charge is 0.420 e. The van der Waals surface area contributed by atoms with E-state index in [1.54, 1.807) is 0 Å². The summed E-state index contributed by atoms with van der Waals surface area (Å²) < 4.78 is 170. The minimum atomic E-state index is -6.73. The molecule has 0 nitrogen and oxygen atoms in total. The summed E-state index contributed by atoms with van der Waals surface area (Å²) in [6.45, 7) is 0. The summed E-state index contributed by atoms with van der Waals surface area (Å²) in [6.07, 6.45) is -37.4. The molecule has 0 aromatic carbocycles. The second-order valence-electron chi connectivity index (χ2n) is 4.02. The second kappa shape index (κ2) is 5.91. The summed E-state index contributed by atoms with van der Waals surface area (Å²) in [7, 11) is 0. The quantitative estimate of drug-likeness (QED) is 0.607. The van der Waals surface area contributed by atoms with Gasteiger partial charge in [-0.15, -0.1) is 0 Å². The molecule has 0 bridgehead atoms. The van der Waals surface area contributed by atoms with Crippen LogP contribution in [0.4, 0.5) is 61.5 Å². The van der Waals surface area contributed by atoms with Crippen LogP contribution in [-0.2, 0) is 0 Å². The average molecular weight is 366 g/mol. The highest BCUT2D eigenvalue weighted by molar-refractivity contribution is 4.95. The van der Waals surface area contributed by atoms with Gasteiger partial charge in [0.15, 0.2) is 0 Å². The highest BCUT2D eigenvalue weighted by atomic mass is 19.4. The molecular formula is C8H4F14. The predicted octanol–water partition coefficient (Wildman–Crippen LogP) is 5.14. The lowest BCUT2D eigenvalue weighted by molar-refractivity contribution is -0.330. The zero-order valence-corrected chi connectivity index (χ0v) is 9.60. The van der Waals surface area contributed by atoms with Crippen LogP contribution in [0.5, 0.6) is 0 Å². The van der Waals surface area contributed by atoms with Crippen molar-refractivity contribution in [2.24, 2.45) is 11.8 Å². The fraction of sp³-hybridized carbons (Fsp3) is 1.00. The monoisotopic (exact) mass is 366 g/mol. The molecule has 4 atom stereocenters. The van der Waals surface area contributed by atoms with Crippen LogP contribution < -0.4 is 0 Å². The molecule has 4 unspecified atom stereocenters. The molecule has 0 rings (SSSR count). The van der Waals surface area contributed by atoms with Crippen molar-refractivity contribution in [3.8, 4) is 0 Å². The Morgan fingerprint density at radius 1 is 0.364 bits per heavy atom. The van der Waals surface area contributed by atoms with Crippen molar-refractivity contribution in [2.45, 2.75) is 37.0 Å². The average Bonchev–Trinajstić information content (AvgIpc) is 2.17. The van der Waals surface area contributed by atoms with Crippen molar-refractivity contribution in [2.75, 3.05) is 0 Å². The van der Waals surface area contributed by atoms with E-state index in [2.05, 4.69) is 0 Å². The molecule has 0 heterocycles. The van der Waals surface area contributed by atoms with E-state index in [4.69, 9.17) is 0 Å². The zero-order valence-electron chi connectivity index (χ0n) is 9.60. The molecule has 0 fully saturated rings. The van der Waals surface area contributed by atoms with Crippen LogP contribution in [-0.4, -0.2) is 37.0 Å². The third-order valence-electron chi connectivity index (χ3n) is 2.40. The Bertz CT molecular complexity index is 319. The van der Waals surface area contributed by atoms with Gasteiger partial charge in [-0.1, -0.05) is 0 Å². The second-order valence-corrected chi connectivity index (χ2v) is 4.02. The van der Waals surface area contributed by atoms with Gasteiger partial charge in [0.2, 0.25) is 12.3 Å². The molecule has 0 spiro atoms. The third kappa shape index (κ3) is 5.04. The van der Waals surface area contributed by atoms with E-state index in [0.717, 1.165) is 0 Å². The van der Waals surface area contributed by atoms with E-state index in [0.29, 0.717) is 0 Å². The molecule has 14 heteroatoms. The maximum Gasteiger partial charge on any atom is 0.420 e. The number of alkyl halides is 14. The number of rotatable bonds is 3. The summed E-state index contributed by atoms with van der Waals surface area (Å²) in [6, 6.07) is 0. The van der Waals surface area contributed by atoms with Crippen molar-refractivity contribution >= 4 is 0 Å². The summed E-state index contributed by atoms with van der Waals surface area (Å²) in [5, 5.41) is 0. The van der Waals surface area contributed by atoms with Gasteiger partial charge in [0, 0.05) is 0 Å². The first-order valence-corrected chi connectivity index (χ1v) is 4.86. The molecule has 0 amide bonds. The number of halogens is 14. The predicted molar refractivity (Wildman–Crippen MR) is 41.0 cm³/mol. The van der Waals surface area contributed by atoms with Crippen molar-refractivity contribution in [3.63, 3.8) is 0 Å². The summed E-state index contributed by atoms with van der Waals surface area (Å²) in [5.41, 5.74) is 0.